The van der Waals surface area contributed by atoms with E-state index in [9.17, 15) is 0 Å². The van der Waals surface area contributed by atoms with Crippen molar-refractivity contribution in [2.24, 2.45) is 0 Å². The van der Waals surface area contributed by atoms with Gasteiger partial charge in [-0.25, -0.2) is 0 Å². The second kappa shape index (κ2) is 10.3. The molecule has 0 amide bonds. The lowest BCUT2D eigenvalue weighted by atomic mass is 10.00. The predicted molar refractivity (Wildman–Crippen MR) is 218 cm³/mol. The first-order valence-electron chi connectivity index (χ1n) is 17.9. The van der Waals surface area contributed by atoms with Gasteiger partial charge in [0.2, 0.25) is 0 Å². The number of nitrogens with zero attached hydrogens (tertiary/aromatic N) is 3. The minimum absolute atomic E-state index is 1.03. The number of rotatable bonds is 3. The average molecular weight is 660 g/mol. The van der Waals surface area contributed by atoms with Gasteiger partial charge in [0.05, 0.1) is 33.3 Å². The Hall–Kier alpha value is -6.97. The first-order chi connectivity index (χ1) is 25.8. The van der Waals surface area contributed by atoms with E-state index in [-0.39, 0.29) is 0 Å². The fourth-order valence-electron chi connectivity index (χ4n) is 9.05. The molecule has 0 aliphatic heterocycles. The molecule has 0 saturated carbocycles. The Kier molecular flexibility index (Phi) is 5.50. The molecule has 0 saturated heterocycles. The van der Waals surface area contributed by atoms with E-state index in [0.29, 0.717) is 0 Å². The molecular formula is C49H29N3. The molecule has 0 bridgehead atoms. The van der Waals surface area contributed by atoms with Crippen LogP contribution in [0.2, 0.25) is 0 Å². The number of benzene rings is 8. The predicted octanol–water partition coefficient (Wildman–Crippen LogP) is 12.9. The molecule has 0 spiro atoms. The average Bonchev–Trinajstić information content (AvgIpc) is 3.85. The Labute approximate surface area is 299 Å². The van der Waals surface area contributed by atoms with Crippen LogP contribution >= 0.6 is 0 Å². The van der Waals surface area contributed by atoms with Crippen molar-refractivity contribution in [2.45, 2.75) is 0 Å². The van der Waals surface area contributed by atoms with E-state index in [1.807, 2.05) is 6.20 Å². The summed E-state index contributed by atoms with van der Waals surface area (Å²) in [6.45, 7) is 0. The lowest BCUT2D eigenvalue weighted by Gasteiger charge is -2.14. The van der Waals surface area contributed by atoms with Crippen LogP contribution in [0.15, 0.2) is 176 Å². The zero-order chi connectivity index (χ0) is 33.9. The smallest absolute Gasteiger partial charge is 0.0954 e. The van der Waals surface area contributed by atoms with Gasteiger partial charge in [0.15, 0.2) is 0 Å². The topological polar surface area (TPSA) is 22.8 Å². The number of aromatic nitrogens is 3. The maximum absolute atomic E-state index is 5.10. The van der Waals surface area contributed by atoms with E-state index in [1.54, 1.807) is 0 Å². The molecule has 3 nitrogen and oxygen atoms in total. The molecule has 0 unspecified atom stereocenters. The first-order valence-corrected chi connectivity index (χ1v) is 17.9. The molecular weight excluding hydrogens is 631 g/mol. The fraction of sp³-hybridized carbons (Fsp3) is 0. The number of pyridine rings is 1. The molecule has 3 heterocycles. The molecule has 3 heteroatoms. The number of para-hydroxylation sites is 2. The second-order valence-corrected chi connectivity index (χ2v) is 13.9. The van der Waals surface area contributed by atoms with Gasteiger partial charge in [-0.3, -0.25) is 4.98 Å². The van der Waals surface area contributed by atoms with Crippen LogP contribution in [-0.2, 0) is 0 Å². The van der Waals surface area contributed by atoms with E-state index in [0.717, 1.165) is 11.2 Å². The lowest BCUT2D eigenvalue weighted by molar-refractivity contribution is 1.18. The summed E-state index contributed by atoms with van der Waals surface area (Å²) in [4.78, 5) is 5.10. The molecule has 3 aromatic heterocycles. The monoisotopic (exact) mass is 659 g/mol. The maximum atomic E-state index is 5.10. The summed E-state index contributed by atoms with van der Waals surface area (Å²) in [5, 5.41) is 8.68. The Morgan fingerprint density at radius 2 is 1.02 bits per heavy atom. The van der Waals surface area contributed by atoms with Crippen molar-refractivity contribution in [2.75, 3.05) is 0 Å². The highest BCUT2D eigenvalue weighted by Gasteiger charge is 2.25. The largest absolute Gasteiger partial charge is 0.309 e. The van der Waals surface area contributed by atoms with E-state index in [2.05, 4.69) is 179 Å². The van der Waals surface area contributed by atoms with Crippen molar-refractivity contribution in [3.8, 4) is 44.8 Å². The van der Waals surface area contributed by atoms with E-state index < -0.39 is 0 Å². The maximum Gasteiger partial charge on any atom is 0.0954 e. The van der Waals surface area contributed by atoms with Crippen molar-refractivity contribution in [1.82, 2.24) is 14.1 Å². The third kappa shape index (κ3) is 3.66. The van der Waals surface area contributed by atoms with Crippen LogP contribution in [0.1, 0.15) is 0 Å². The highest BCUT2D eigenvalue weighted by molar-refractivity contribution is 6.22. The normalized spacial score (nSPS) is 12.2. The van der Waals surface area contributed by atoms with E-state index in [4.69, 9.17) is 4.98 Å². The zero-order valence-corrected chi connectivity index (χ0v) is 28.1. The van der Waals surface area contributed by atoms with Crippen LogP contribution in [0.5, 0.6) is 0 Å². The van der Waals surface area contributed by atoms with Crippen molar-refractivity contribution >= 4 is 65.3 Å². The first kappa shape index (κ1) is 27.8. The summed E-state index contributed by atoms with van der Waals surface area (Å²) in [6, 6.07) is 62.1. The Morgan fingerprint density at radius 3 is 1.83 bits per heavy atom. The molecule has 0 fully saturated rings. The van der Waals surface area contributed by atoms with Crippen LogP contribution in [-0.4, -0.2) is 14.1 Å². The molecule has 240 valence electrons. The van der Waals surface area contributed by atoms with Crippen molar-refractivity contribution in [3.63, 3.8) is 0 Å². The third-order valence-electron chi connectivity index (χ3n) is 11.3. The van der Waals surface area contributed by atoms with Gasteiger partial charge in [0.1, 0.15) is 0 Å². The molecule has 0 atom stereocenters. The van der Waals surface area contributed by atoms with Crippen molar-refractivity contribution in [1.29, 1.82) is 0 Å². The minimum Gasteiger partial charge on any atom is -0.309 e. The summed E-state index contributed by atoms with van der Waals surface area (Å²) in [7, 11) is 0. The molecule has 8 aromatic carbocycles. The van der Waals surface area contributed by atoms with Crippen molar-refractivity contribution in [3.05, 3.63) is 176 Å². The van der Waals surface area contributed by atoms with Gasteiger partial charge >= 0.3 is 0 Å². The van der Waals surface area contributed by atoms with Crippen LogP contribution in [0.25, 0.3) is 110 Å². The Morgan fingerprint density at radius 1 is 0.385 bits per heavy atom. The van der Waals surface area contributed by atoms with Gasteiger partial charge in [-0.1, -0.05) is 115 Å². The van der Waals surface area contributed by atoms with Gasteiger partial charge in [0.25, 0.3) is 0 Å². The van der Waals surface area contributed by atoms with E-state index >= 15 is 0 Å². The Balaban J connectivity index is 1.12. The molecule has 52 heavy (non-hydrogen) atoms. The SMILES string of the molecule is c1ccc(-n2c3ccccc3c3cc(-c4ccc5c(c4)c4ccc6ccccc6c4n5-c4ccc5c6c(ccnc46)-c4ccccc4-5)ccc32)cc1. The van der Waals surface area contributed by atoms with Gasteiger partial charge in [-0.15, -0.1) is 0 Å². The number of hydrogen-bond donors (Lipinski definition) is 0. The highest BCUT2D eigenvalue weighted by Crippen LogP contribution is 2.49. The number of hydrogen-bond acceptors (Lipinski definition) is 1. The van der Waals surface area contributed by atoms with Crippen molar-refractivity contribution < 1.29 is 0 Å². The lowest BCUT2D eigenvalue weighted by Crippen LogP contribution is -1.98. The summed E-state index contributed by atoms with van der Waals surface area (Å²) >= 11 is 0. The minimum atomic E-state index is 1.03. The molecule has 11 aromatic rings. The highest BCUT2D eigenvalue weighted by atomic mass is 15.0. The van der Waals surface area contributed by atoms with Crippen LogP contribution in [0, 0.1) is 0 Å². The van der Waals surface area contributed by atoms with E-state index in [1.165, 1.54) is 98.8 Å². The fourth-order valence-corrected chi connectivity index (χ4v) is 9.05. The third-order valence-corrected chi connectivity index (χ3v) is 11.3. The molecule has 0 radical (unpaired) electrons. The summed E-state index contributed by atoms with van der Waals surface area (Å²) in [6.07, 6.45) is 1.97. The van der Waals surface area contributed by atoms with Gasteiger partial charge in [-0.2, -0.15) is 0 Å². The Bertz CT molecular complexity index is 3260. The summed E-state index contributed by atoms with van der Waals surface area (Å²) in [5.41, 5.74) is 15.6. The number of fused-ring (bicyclic) bond motifs is 11. The van der Waals surface area contributed by atoms with Gasteiger partial charge < -0.3 is 9.13 Å². The second-order valence-electron chi connectivity index (χ2n) is 13.9. The summed E-state index contributed by atoms with van der Waals surface area (Å²) in [5.74, 6) is 0. The van der Waals surface area contributed by atoms with Crippen LogP contribution in [0.4, 0.5) is 0 Å². The quantitative estimate of drug-likeness (QED) is 0.185. The molecule has 1 aliphatic carbocycles. The molecule has 0 N–H and O–H groups in total. The van der Waals surface area contributed by atoms with Gasteiger partial charge in [0, 0.05) is 44.2 Å². The summed E-state index contributed by atoms with van der Waals surface area (Å²) < 4.78 is 4.84. The van der Waals surface area contributed by atoms with Gasteiger partial charge in [-0.05, 0) is 93.4 Å². The van der Waals surface area contributed by atoms with Crippen LogP contribution in [0.3, 0.4) is 0 Å². The standard InChI is InChI=1S/C49H29N3/c1-2-11-33(12-3-1)51-43-17-9-8-16-37(43)41-28-31(19-23-44(41)51)32-20-24-45-42(29-32)40-21-18-30-10-4-5-13-34(30)49(40)52(45)46-25-22-38-35-14-6-7-15-36(35)39-26-27-50-48(46)47(38)39/h1-29H. The zero-order valence-electron chi connectivity index (χ0n) is 28.1. The molecule has 12 rings (SSSR count). The van der Waals surface area contributed by atoms with Crippen LogP contribution < -0.4 is 0 Å². The molecule has 1 aliphatic rings.